The van der Waals surface area contributed by atoms with Crippen molar-refractivity contribution in [2.75, 3.05) is 26.9 Å². The minimum Gasteiger partial charge on any atom is -0.496 e. The molecule has 0 spiro atoms. The summed E-state index contributed by atoms with van der Waals surface area (Å²) in [6.45, 7) is 6.61. The first-order valence-electron chi connectivity index (χ1n) is 6.84. The van der Waals surface area contributed by atoms with E-state index >= 15 is 0 Å². The molecule has 1 aromatic rings. The maximum Gasteiger partial charge on any atom is 0.122 e. The fraction of sp³-hybridized carbons (Fsp3) is 0.600. The van der Waals surface area contributed by atoms with E-state index in [4.69, 9.17) is 21.1 Å². The van der Waals surface area contributed by atoms with Gasteiger partial charge in [0.05, 0.1) is 7.11 Å². The minimum absolute atomic E-state index is 0.379. The minimum atomic E-state index is 0.379. The Balaban J connectivity index is 2.68. The molecule has 0 aliphatic carbocycles. The van der Waals surface area contributed by atoms with Crippen LogP contribution in [-0.4, -0.2) is 32.9 Å². The third-order valence-corrected chi connectivity index (χ3v) is 3.25. The van der Waals surface area contributed by atoms with Gasteiger partial charge in [-0.3, -0.25) is 0 Å². The van der Waals surface area contributed by atoms with Gasteiger partial charge < -0.3 is 14.8 Å². The Morgan fingerprint density at radius 1 is 1.32 bits per heavy atom. The van der Waals surface area contributed by atoms with Gasteiger partial charge in [-0.25, -0.2) is 0 Å². The van der Waals surface area contributed by atoms with Gasteiger partial charge in [-0.05, 0) is 50.1 Å². The zero-order chi connectivity index (χ0) is 14.1. The van der Waals surface area contributed by atoms with E-state index in [1.165, 1.54) is 0 Å². The lowest BCUT2D eigenvalue weighted by atomic mass is 10.0. The van der Waals surface area contributed by atoms with Gasteiger partial charge in [0.15, 0.2) is 0 Å². The highest BCUT2D eigenvalue weighted by atomic mass is 35.5. The van der Waals surface area contributed by atoms with Gasteiger partial charge in [0.25, 0.3) is 0 Å². The third-order valence-electron chi connectivity index (χ3n) is 3.02. The monoisotopic (exact) mass is 285 g/mol. The number of hydrogen-bond donors (Lipinski definition) is 1. The van der Waals surface area contributed by atoms with Crippen LogP contribution in [0.15, 0.2) is 18.2 Å². The Morgan fingerprint density at radius 3 is 2.74 bits per heavy atom. The number of rotatable bonds is 9. The van der Waals surface area contributed by atoms with Crippen molar-refractivity contribution >= 4 is 11.6 Å². The lowest BCUT2D eigenvalue weighted by Gasteiger charge is -2.19. The largest absolute Gasteiger partial charge is 0.496 e. The Hall–Kier alpha value is -0.770. The first-order chi connectivity index (χ1) is 9.21. The van der Waals surface area contributed by atoms with Crippen LogP contribution < -0.4 is 10.1 Å². The van der Waals surface area contributed by atoms with Crippen molar-refractivity contribution < 1.29 is 9.47 Å². The van der Waals surface area contributed by atoms with Crippen molar-refractivity contribution in [3.05, 3.63) is 28.8 Å². The molecule has 0 fully saturated rings. The van der Waals surface area contributed by atoms with Gasteiger partial charge >= 0.3 is 0 Å². The highest BCUT2D eigenvalue weighted by Gasteiger charge is 2.12. The van der Waals surface area contributed by atoms with Crippen LogP contribution in [0.5, 0.6) is 5.75 Å². The summed E-state index contributed by atoms with van der Waals surface area (Å²) in [7, 11) is 1.69. The van der Waals surface area contributed by atoms with Crippen molar-refractivity contribution in [2.45, 2.75) is 32.7 Å². The van der Waals surface area contributed by atoms with E-state index in [0.717, 1.165) is 48.9 Å². The third kappa shape index (κ3) is 5.81. The van der Waals surface area contributed by atoms with Gasteiger partial charge in [0, 0.05) is 24.3 Å². The number of hydrogen-bond acceptors (Lipinski definition) is 3. The summed E-state index contributed by atoms with van der Waals surface area (Å²) in [6, 6.07) is 6.13. The molecule has 1 N–H and O–H groups in total. The quantitative estimate of drug-likeness (QED) is 0.706. The summed E-state index contributed by atoms with van der Waals surface area (Å²) in [5.41, 5.74) is 1.14. The molecule has 4 heteroatoms. The average molecular weight is 286 g/mol. The predicted octanol–water partition coefficient (Wildman–Crippen LogP) is 3.30. The first kappa shape index (κ1) is 16.3. The van der Waals surface area contributed by atoms with Gasteiger partial charge in [-0.15, -0.1) is 0 Å². The lowest BCUT2D eigenvalue weighted by Crippen LogP contribution is -2.32. The number of benzene rings is 1. The molecule has 3 nitrogen and oxygen atoms in total. The van der Waals surface area contributed by atoms with Gasteiger partial charge in [-0.1, -0.05) is 18.5 Å². The maximum atomic E-state index is 6.06. The molecule has 1 aromatic carbocycles. The standard InChI is InChI=1S/C15H24ClNO2/c1-4-17-14(8-9-19-5-2)11-12-10-13(16)6-7-15(12)18-3/h6-7,10,14,17H,4-5,8-9,11H2,1-3H3. The fourth-order valence-corrected chi connectivity index (χ4v) is 2.30. The van der Waals surface area contributed by atoms with Crippen LogP contribution >= 0.6 is 11.6 Å². The van der Waals surface area contributed by atoms with Crippen LogP contribution in [0.1, 0.15) is 25.8 Å². The average Bonchev–Trinajstić information content (AvgIpc) is 2.39. The Labute approximate surface area is 121 Å². The van der Waals surface area contributed by atoms with Crippen LogP contribution in [0.4, 0.5) is 0 Å². The zero-order valence-electron chi connectivity index (χ0n) is 12.0. The molecule has 0 saturated carbocycles. The van der Waals surface area contributed by atoms with Crippen molar-refractivity contribution in [2.24, 2.45) is 0 Å². The molecule has 0 amide bonds. The Kier molecular flexibility index (Phi) is 7.87. The molecule has 0 saturated heterocycles. The first-order valence-corrected chi connectivity index (χ1v) is 7.22. The molecular formula is C15H24ClNO2. The van der Waals surface area contributed by atoms with Crippen LogP contribution in [-0.2, 0) is 11.2 Å². The summed E-state index contributed by atoms with van der Waals surface area (Å²) < 4.78 is 10.8. The lowest BCUT2D eigenvalue weighted by molar-refractivity contribution is 0.136. The van der Waals surface area contributed by atoms with E-state index in [-0.39, 0.29) is 0 Å². The van der Waals surface area contributed by atoms with Crippen molar-refractivity contribution in [3.63, 3.8) is 0 Å². The van der Waals surface area contributed by atoms with Crippen molar-refractivity contribution in [1.29, 1.82) is 0 Å². The molecule has 1 atom stereocenters. The number of ether oxygens (including phenoxy) is 2. The molecule has 1 rings (SSSR count). The molecule has 108 valence electrons. The van der Waals surface area contributed by atoms with Crippen LogP contribution in [0, 0.1) is 0 Å². The number of halogens is 1. The van der Waals surface area contributed by atoms with E-state index in [0.29, 0.717) is 6.04 Å². The molecular weight excluding hydrogens is 262 g/mol. The smallest absolute Gasteiger partial charge is 0.122 e. The van der Waals surface area contributed by atoms with E-state index in [2.05, 4.69) is 12.2 Å². The second-order valence-electron chi connectivity index (χ2n) is 4.40. The summed E-state index contributed by atoms with van der Waals surface area (Å²) in [5, 5.41) is 4.23. The number of nitrogens with one attached hydrogen (secondary N) is 1. The molecule has 0 heterocycles. The van der Waals surface area contributed by atoms with E-state index in [1.54, 1.807) is 7.11 Å². The second kappa shape index (κ2) is 9.18. The normalized spacial score (nSPS) is 12.4. The zero-order valence-corrected chi connectivity index (χ0v) is 12.8. The van der Waals surface area contributed by atoms with Crippen LogP contribution in [0.25, 0.3) is 0 Å². The molecule has 0 aliphatic rings. The Bertz CT molecular complexity index is 371. The van der Waals surface area contributed by atoms with E-state index < -0.39 is 0 Å². The molecule has 19 heavy (non-hydrogen) atoms. The summed E-state index contributed by atoms with van der Waals surface area (Å²) >= 11 is 6.06. The fourth-order valence-electron chi connectivity index (χ4n) is 2.11. The van der Waals surface area contributed by atoms with Crippen molar-refractivity contribution in [1.82, 2.24) is 5.32 Å². The second-order valence-corrected chi connectivity index (χ2v) is 4.84. The highest BCUT2D eigenvalue weighted by molar-refractivity contribution is 6.30. The maximum absolute atomic E-state index is 6.06. The molecule has 0 aliphatic heterocycles. The summed E-state index contributed by atoms with van der Waals surface area (Å²) in [6.07, 6.45) is 1.88. The van der Waals surface area contributed by atoms with E-state index in [1.807, 2.05) is 25.1 Å². The molecule has 0 bridgehead atoms. The van der Waals surface area contributed by atoms with Gasteiger partial charge in [0.1, 0.15) is 5.75 Å². The van der Waals surface area contributed by atoms with Gasteiger partial charge in [0.2, 0.25) is 0 Å². The molecule has 0 radical (unpaired) electrons. The highest BCUT2D eigenvalue weighted by Crippen LogP contribution is 2.24. The predicted molar refractivity (Wildman–Crippen MR) is 80.3 cm³/mol. The SMILES string of the molecule is CCNC(CCOCC)Cc1cc(Cl)ccc1OC. The van der Waals surface area contributed by atoms with Crippen molar-refractivity contribution in [3.8, 4) is 5.75 Å². The van der Waals surface area contributed by atoms with E-state index in [9.17, 15) is 0 Å². The Morgan fingerprint density at radius 2 is 2.11 bits per heavy atom. The topological polar surface area (TPSA) is 30.5 Å². The van der Waals surface area contributed by atoms with Crippen LogP contribution in [0.2, 0.25) is 5.02 Å². The summed E-state index contributed by atoms with van der Waals surface area (Å²) in [4.78, 5) is 0. The summed E-state index contributed by atoms with van der Waals surface area (Å²) in [5.74, 6) is 0.892. The van der Waals surface area contributed by atoms with Crippen LogP contribution in [0.3, 0.4) is 0 Å². The number of methoxy groups -OCH3 is 1. The number of likely N-dealkylation sites (N-methyl/N-ethyl adjacent to an activating group) is 1. The molecule has 1 unspecified atom stereocenters. The van der Waals surface area contributed by atoms with Gasteiger partial charge in [-0.2, -0.15) is 0 Å². The molecule has 0 aromatic heterocycles.